The molecular formula is C22H23N5O. The van der Waals surface area contributed by atoms with E-state index in [9.17, 15) is 4.79 Å². The average molecular weight is 373 g/mol. The number of H-pyrrole nitrogens is 1. The number of imidazole rings is 1. The zero-order valence-corrected chi connectivity index (χ0v) is 15.9. The van der Waals surface area contributed by atoms with Crippen molar-refractivity contribution in [2.75, 3.05) is 5.32 Å². The molecule has 5 N–H and O–H groups in total. The maximum Gasteiger partial charge on any atom is 0.258 e. The van der Waals surface area contributed by atoms with Gasteiger partial charge in [0.05, 0.1) is 17.8 Å². The second kappa shape index (κ2) is 8.35. The van der Waals surface area contributed by atoms with Gasteiger partial charge in [-0.1, -0.05) is 30.3 Å². The van der Waals surface area contributed by atoms with Gasteiger partial charge in [0.2, 0.25) is 0 Å². The summed E-state index contributed by atoms with van der Waals surface area (Å²) in [7, 11) is 0. The van der Waals surface area contributed by atoms with Crippen molar-refractivity contribution in [3.05, 3.63) is 94.7 Å². The summed E-state index contributed by atoms with van der Waals surface area (Å²) < 4.78 is 0. The van der Waals surface area contributed by atoms with Crippen LogP contribution in [0.25, 0.3) is 0 Å². The Kier molecular flexibility index (Phi) is 5.69. The maximum atomic E-state index is 12.2. The third kappa shape index (κ3) is 3.86. The first-order valence-corrected chi connectivity index (χ1v) is 8.93. The number of hydrogen-bond donors (Lipinski definition) is 4. The maximum absolute atomic E-state index is 12.2. The van der Waals surface area contributed by atoms with Crippen LogP contribution in [-0.4, -0.2) is 22.1 Å². The highest BCUT2D eigenvalue weighted by molar-refractivity contribution is 6.17. The van der Waals surface area contributed by atoms with Crippen molar-refractivity contribution >= 4 is 17.8 Å². The fourth-order valence-corrected chi connectivity index (χ4v) is 3.23. The normalized spacial score (nSPS) is 12.4. The van der Waals surface area contributed by atoms with E-state index in [0.717, 1.165) is 23.7 Å². The van der Waals surface area contributed by atoms with Crippen LogP contribution in [0.2, 0.25) is 0 Å². The molecule has 0 fully saturated rings. The molecule has 1 atom stereocenters. The smallest absolute Gasteiger partial charge is 0.258 e. The first-order valence-electron chi connectivity index (χ1n) is 8.93. The molecular weight excluding hydrogens is 350 g/mol. The number of aryl methyl sites for hydroxylation is 1. The van der Waals surface area contributed by atoms with Gasteiger partial charge in [0.25, 0.3) is 5.91 Å². The van der Waals surface area contributed by atoms with Gasteiger partial charge in [0.15, 0.2) is 0 Å². The van der Waals surface area contributed by atoms with Crippen LogP contribution in [0, 0.1) is 19.3 Å². The summed E-state index contributed by atoms with van der Waals surface area (Å²) in [5.74, 6) is -0.467. The fourth-order valence-electron chi connectivity index (χ4n) is 3.23. The Morgan fingerprint density at radius 2 is 2.04 bits per heavy atom. The van der Waals surface area contributed by atoms with Crippen molar-refractivity contribution in [2.24, 2.45) is 5.73 Å². The van der Waals surface area contributed by atoms with E-state index in [0.29, 0.717) is 5.69 Å². The minimum Gasteiger partial charge on any atom is -0.404 e. The Bertz CT molecular complexity index is 1020. The molecule has 0 saturated carbocycles. The number of nitrogens with one attached hydrogen (secondary N) is 3. The topological polar surface area (TPSA) is 108 Å². The van der Waals surface area contributed by atoms with Crippen LogP contribution in [0.3, 0.4) is 0 Å². The van der Waals surface area contributed by atoms with Gasteiger partial charge < -0.3 is 21.4 Å². The number of nitrogens with zero attached hydrogens (tertiary/aromatic N) is 1. The van der Waals surface area contributed by atoms with E-state index in [1.54, 1.807) is 6.33 Å². The molecule has 1 unspecified atom stereocenters. The zero-order chi connectivity index (χ0) is 20.1. The molecule has 1 amide bonds. The minimum atomic E-state index is -0.417. The van der Waals surface area contributed by atoms with Gasteiger partial charge in [0.1, 0.15) is 0 Å². The Labute approximate surface area is 164 Å². The van der Waals surface area contributed by atoms with Crippen LogP contribution < -0.4 is 11.1 Å². The zero-order valence-electron chi connectivity index (χ0n) is 15.9. The van der Waals surface area contributed by atoms with E-state index in [2.05, 4.69) is 47.3 Å². The number of aromatic nitrogens is 2. The summed E-state index contributed by atoms with van der Waals surface area (Å²) in [6, 6.07) is 13.9. The molecule has 0 aliphatic heterocycles. The number of rotatable bonds is 6. The summed E-state index contributed by atoms with van der Waals surface area (Å²) in [4.78, 5) is 19.6. The lowest BCUT2D eigenvalue weighted by Crippen LogP contribution is -2.16. The molecule has 1 aromatic heterocycles. The quantitative estimate of drug-likeness (QED) is 0.391. The van der Waals surface area contributed by atoms with Gasteiger partial charge >= 0.3 is 0 Å². The second-order valence-corrected chi connectivity index (χ2v) is 6.58. The van der Waals surface area contributed by atoms with Crippen LogP contribution in [0.1, 0.15) is 33.9 Å². The van der Waals surface area contributed by atoms with Crippen LogP contribution in [0.5, 0.6) is 0 Å². The molecule has 0 bridgehead atoms. The molecule has 3 rings (SSSR count). The van der Waals surface area contributed by atoms with E-state index < -0.39 is 5.91 Å². The molecule has 2 aromatic carbocycles. The van der Waals surface area contributed by atoms with Crippen molar-refractivity contribution in [3.63, 3.8) is 0 Å². The monoisotopic (exact) mass is 373 g/mol. The molecule has 0 aliphatic carbocycles. The van der Waals surface area contributed by atoms with Crippen molar-refractivity contribution in [1.29, 1.82) is 5.41 Å². The van der Waals surface area contributed by atoms with Gasteiger partial charge in [-0.25, -0.2) is 4.98 Å². The SMILES string of the molecule is Cc1cccc(C(c2cccc(NC(=O)/C(C=N)=C/N)c2)c2cnc[nH]2)c1C. The Morgan fingerprint density at radius 1 is 1.25 bits per heavy atom. The van der Waals surface area contributed by atoms with Crippen molar-refractivity contribution in [2.45, 2.75) is 19.8 Å². The van der Waals surface area contributed by atoms with Crippen LogP contribution >= 0.6 is 0 Å². The van der Waals surface area contributed by atoms with Crippen molar-refractivity contribution < 1.29 is 4.79 Å². The van der Waals surface area contributed by atoms with E-state index in [-0.39, 0.29) is 11.5 Å². The second-order valence-electron chi connectivity index (χ2n) is 6.58. The fraction of sp³-hybridized carbons (Fsp3) is 0.136. The standard InChI is InChI=1S/C22H23N5O/c1-14-5-3-8-19(15(14)2)21(20-12-25-13-26-20)16-6-4-7-18(9-16)27-22(28)17(10-23)11-24/h3-13,21,23H,24H2,1-2H3,(H,25,26)(H,27,28)/b17-11+,23-10?. The number of nitrogens with two attached hydrogens (primary N) is 1. The van der Waals surface area contributed by atoms with Crippen LogP contribution in [0.4, 0.5) is 5.69 Å². The Morgan fingerprint density at radius 3 is 2.71 bits per heavy atom. The van der Waals surface area contributed by atoms with Crippen LogP contribution in [-0.2, 0) is 4.79 Å². The van der Waals surface area contributed by atoms with E-state index in [1.807, 2.05) is 30.5 Å². The Balaban J connectivity index is 2.04. The predicted molar refractivity (Wildman–Crippen MR) is 112 cm³/mol. The number of carbonyl (C=O) groups excluding carboxylic acids is 1. The number of carbonyl (C=O) groups is 1. The van der Waals surface area contributed by atoms with E-state index in [1.165, 1.54) is 16.7 Å². The van der Waals surface area contributed by atoms with Gasteiger partial charge in [-0.2, -0.15) is 0 Å². The van der Waals surface area contributed by atoms with Crippen LogP contribution in [0.15, 0.2) is 66.8 Å². The average Bonchev–Trinajstić information content (AvgIpc) is 3.21. The molecule has 0 saturated heterocycles. The van der Waals surface area contributed by atoms with Gasteiger partial charge in [0, 0.05) is 30.0 Å². The highest BCUT2D eigenvalue weighted by Gasteiger charge is 2.21. The van der Waals surface area contributed by atoms with Gasteiger partial charge in [-0.15, -0.1) is 0 Å². The Hall–Kier alpha value is -3.67. The first-order chi connectivity index (χ1) is 13.5. The third-order valence-electron chi connectivity index (χ3n) is 4.86. The molecule has 0 radical (unpaired) electrons. The summed E-state index contributed by atoms with van der Waals surface area (Å²) in [6.07, 6.45) is 5.54. The molecule has 6 heteroatoms. The lowest BCUT2D eigenvalue weighted by molar-refractivity contribution is -0.112. The summed E-state index contributed by atoms with van der Waals surface area (Å²) in [5.41, 5.74) is 11.7. The van der Waals surface area contributed by atoms with Crippen molar-refractivity contribution in [1.82, 2.24) is 9.97 Å². The number of anilines is 1. The molecule has 0 spiro atoms. The highest BCUT2D eigenvalue weighted by atomic mass is 16.1. The molecule has 142 valence electrons. The summed E-state index contributed by atoms with van der Waals surface area (Å²) in [5, 5.41) is 10.1. The minimum absolute atomic E-state index is 0.0495. The number of aromatic amines is 1. The highest BCUT2D eigenvalue weighted by Crippen LogP contribution is 2.34. The number of hydrogen-bond acceptors (Lipinski definition) is 4. The largest absolute Gasteiger partial charge is 0.404 e. The predicted octanol–water partition coefficient (Wildman–Crippen LogP) is 3.64. The first kappa shape index (κ1) is 19.1. The lowest BCUT2D eigenvalue weighted by Gasteiger charge is -2.21. The summed E-state index contributed by atoms with van der Waals surface area (Å²) in [6.45, 7) is 4.21. The molecule has 0 aliphatic rings. The molecule has 3 aromatic rings. The third-order valence-corrected chi connectivity index (χ3v) is 4.86. The molecule has 28 heavy (non-hydrogen) atoms. The van der Waals surface area contributed by atoms with Crippen molar-refractivity contribution in [3.8, 4) is 0 Å². The summed E-state index contributed by atoms with van der Waals surface area (Å²) >= 11 is 0. The van der Waals surface area contributed by atoms with Gasteiger partial charge in [-0.05, 0) is 48.2 Å². The van der Waals surface area contributed by atoms with Gasteiger partial charge in [-0.3, -0.25) is 4.79 Å². The van der Waals surface area contributed by atoms with E-state index >= 15 is 0 Å². The number of amides is 1. The molecule has 1 heterocycles. The lowest BCUT2D eigenvalue weighted by atomic mass is 9.85. The van der Waals surface area contributed by atoms with E-state index in [4.69, 9.17) is 11.1 Å². The molecule has 6 nitrogen and oxygen atoms in total. The number of benzene rings is 2.